The molecule has 0 fully saturated rings. The van der Waals surface area contributed by atoms with Gasteiger partial charge in [0.15, 0.2) is 5.69 Å². The van der Waals surface area contributed by atoms with Crippen LogP contribution in [0, 0.1) is 20.2 Å². The SMILES string of the molecule is CN(C)c1c([N+](=O)[O-])cc(C(F)(F)F)c(Cl)c1[N+](=O)[O-]. The third-order valence-electron chi connectivity index (χ3n) is 2.32. The Balaban J connectivity index is 3.91. The number of nitrogens with zero attached hydrogens (tertiary/aromatic N) is 3. The summed E-state index contributed by atoms with van der Waals surface area (Å²) in [5, 5.41) is 20.6. The number of alkyl halides is 3. The minimum Gasteiger partial charge on any atom is -0.366 e. The summed E-state index contributed by atoms with van der Waals surface area (Å²) < 4.78 is 38.2. The van der Waals surface area contributed by atoms with E-state index >= 15 is 0 Å². The van der Waals surface area contributed by atoms with Crippen molar-refractivity contribution < 1.29 is 23.0 Å². The largest absolute Gasteiger partial charge is 0.418 e. The van der Waals surface area contributed by atoms with Gasteiger partial charge in [0.1, 0.15) is 5.02 Å². The zero-order valence-electron chi connectivity index (χ0n) is 10.1. The molecule has 1 aromatic carbocycles. The standard InChI is InChI=1S/C9H7ClF3N3O4/c1-14(2)7-5(15(17)18)3-4(9(11,12)13)6(10)8(7)16(19)20/h3H,1-2H3. The van der Waals surface area contributed by atoms with Crippen molar-refractivity contribution in [1.29, 1.82) is 0 Å². The highest BCUT2D eigenvalue weighted by atomic mass is 35.5. The molecule has 110 valence electrons. The topological polar surface area (TPSA) is 89.5 Å². The Bertz CT molecular complexity index is 589. The number of benzene rings is 1. The molecule has 11 heteroatoms. The average molecular weight is 314 g/mol. The van der Waals surface area contributed by atoms with E-state index in [1.54, 1.807) is 0 Å². The molecule has 0 radical (unpaired) electrons. The summed E-state index contributed by atoms with van der Waals surface area (Å²) in [5.41, 5.74) is -4.42. The summed E-state index contributed by atoms with van der Waals surface area (Å²) in [6.45, 7) is 0. The van der Waals surface area contributed by atoms with E-state index in [9.17, 15) is 33.4 Å². The van der Waals surface area contributed by atoms with E-state index in [0.717, 1.165) is 4.90 Å². The van der Waals surface area contributed by atoms with Gasteiger partial charge in [-0.1, -0.05) is 11.6 Å². The Labute approximate surface area is 114 Å². The van der Waals surface area contributed by atoms with Gasteiger partial charge in [0.25, 0.3) is 5.69 Å². The zero-order chi connectivity index (χ0) is 15.8. The van der Waals surface area contributed by atoms with Crippen LogP contribution in [0.3, 0.4) is 0 Å². The molecule has 7 nitrogen and oxygen atoms in total. The van der Waals surface area contributed by atoms with Crippen molar-refractivity contribution in [3.8, 4) is 0 Å². The van der Waals surface area contributed by atoms with Gasteiger partial charge in [0, 0.05) is 20.2 Å². The van der Waals surface area contributed by atoms with Crippen molar-refractivity contribution in [3.63, 3.8) is 0 Å². The predicted molar refractivity (Wildman–Crippen MR) is 64.1 cm³/mol. The number of anilines is 1. The normalized spacial score (nSPS) is 11.3. The second kappa shape index (κ2) is 5.12. The summed E-state index contributed by atoms with van der Waals surface area (Å²) in [7, 11) is 2.44. The lowest BCUT2D eigenvalue weighted by Crippen LogP contribution is -2.16. The van der Waals surface area contributed by atoms with E-state index in [1.807, 2.05) is 0 Å². The number of nitro groups is 2. The highest BCUT2D eigenvalue weighted by molar-refractivity contribution is 6.34. The molecule has 0 heterocycles. The van der Waals surface area contributed by atoms with Crippen LogP contribution in [-0.2, 0) is 6.18 Å². The summed E-state index contributed by atoms with van der Waals surface area (Å²) in [6.07, 6.45) is -5.04. The molecule has 0 saturated carbocycles. The smallest absolute Gasteiger partial charge is 0.366 e. The summed E-state index contributed by atoms with van der Waals surface area (Å²) in [4.78, 5) is 20.4. The first-order valence-electron chi connectivity index (χ1n) is 4.88. The first-order chi connectivity index (χ1) is 8.98. The van der Waals surface area contributed by atoms with Gasteiger partial charge in [0.2, 0.25) is 0 Å². The van der Waals surface area contributed by atoms with E-state index in [2.05, 4.69) is 0 Å². The van der Waals surface area contributed by atoms with Gasteiger partial charge in [-0.05, 0) is 0 Å². The van der Waals surface area contributed by atoms with E-state index in [0.29, 0.717) is 0 Å². The third kappa shape index (κ3) is 2.74. The van der Waals surface area contributed by atoms with Crippen LogP contribution in [0.25, 0.3) is 0 Å². The molecule has 0 atom stereocenters. The molecular weight excluding hydrogens is 307 g/mol. The predicted octanol–water partition coefficient (Wildman–Crippen LogP) is 3.24. The van der Waals surface area contributed by atoms with Crippen molar-refractivity contribution in [2.45, 2.75) is 6.18 Å². The Kier molecular flexibility index (Phi) is 4.08. The highest BCUT2D eigenvalue weighted by Crippen LogP contribution is 2.48. The van der Waals surface area contributed by atoms with Crippen LogP contribution < -0.4 is 4.90 Å². The molecule has 1 rings (SSSR count). The van der Waals surface area contributed by atoms with Gasteiger partial charge in [-0.25, -0.2) is 0 Å². The first kappa shape index (κ1) is 16.0. The third-order valence-corrected chi connectivity index (χ3v) is 2.71. The van der Waals surface area contributed by atoms with Crippen molar-refractivity contribution in [3.05, 3.63) is 36.9 Å². The maximum atomic E-state index is 12.7. The Morgan fingerprint density at radius 1 is 1.20 bits per heavy atom. The lowest BCUT2D eigenvalue weighted by Gasteiger charge is -2.16. The van der Waals surface area contributed by atoms with Gasteiger partial charge < -0.3 is 4.90 Å². The van der Waals surface area contributed by atoms with Crippen molar-refractivity contribution in [2.24, 2.45) is 0 Å². The molecule has 1 aromatic rings. The van der Waals surface area contributed by atoms with Crippen LogP contribution in [-0.4, -0.2) is 23.9 Å². The van der Waals surface area contributed by atoms with Gasteiger partial charge in [-0.2, -0.15) is 13.2 Å². The number of hydrogen-bond donors (Lipinski definition) is 0. The van der Waals surface area contributed by atoms with Crippen LogP contribution in [0.15, 0.2) is 6.07 Å². The maximum Gasteiger partial charge on any atom is 0.418 e. The fourth-order valence-electron chi connectivity index (χ4n) is 1.57. The summed E-state index contributed by atoms with van der Waals surface area (Å²) in [6, 6.07) is 0.185. The van der Waals surface area contributed by atoms with Crippen LogP contribution in [0.2, 0.25) is 5.02 Å². The van der Waals surface area contributed by atoms with Gasteiger partial charge >= 0.3 is 11.9 Å². The van der Waals surface area contributed by atoms with Crippen molar-refractivity contribution in [2.75, 3.05) is 19.0 Å². The number of rotatable bonds is 3. The minimum absolute atomic E-state index is 0.185. The molecule has 0 N–H and O–H groups in total. The lowest BCUT2D eigenvalue weighted by molar-refractivity contribution is -0.392. The fourth-order valence-corrected chi connectivity index (χ4v) is 1.89. The second-order valence-electron chi connectivity index (χ2n) is 3.86. The van der Waals surface area contributed by atoms with Gasteiger partial charge in [-0.3, -0.25) is 20.2 Å². The lowest BCUT2D eigenvalue weighted by atomic mass is 10.1. The molecule has 0 aliphatic rings. The molecule has 0 bridgehead atoms. The number of nitro benzene ring substituents is 2. The summed E-state index contributed by atoms with van der Waals surface area (Å²) in [5.74, 6) is 0. The molecule has 0 saturated heterocycles. The van der Waals surface area contributed by atoms with Crippen molar-refractivity contribution >= 4 is 28.7 Å². The molecule has 0 unspecified atom stereocenters. The second-order valence-corrected chi connectivity index (χ2v) is 4.24. The Morgan fingerprint density at radius 2 is 1.70 bits per heavy atom. The van der Waals surface area contributed by atoms with E-state index in [-0.39, 0.29) is 6.07 Å². The fraction of sp³-hybridized carbons (Fsp3) is 0.333. The summed E-state index contributed by atoms with van der Waals surface area (Å²) >= 11 is 5.40. The number of hydrogen-bond acceptors (Lipinski definition) is 5. The Hall–Kier alpha value is -2.10. The molecular formula is C9H7ClF3N3O4. The zero-order valence-corrected chi connectivity index (χ0v) is 10.8. The van der Waals surface area contributed by atoms with Crippen LogP contribution >= 0.6 is 11.6 Å². The average Bonchev–Trinajstić information content (AvgIpc) is 2.25. The molecule has 0 amide bonds. The molecule has 0 spiro atoms. The highest BCUT2D eigenvalue weighted by Gasteiger charge is 2.42. The molecule has 20 heavy (non-hydrogen) atoms. The Morgan fingerprint density at radius 3 is 2.00 bits per heavy atom. The molecule has 0 aromatic heterocycles. The quantitative estimate of drug-likeness (QED) is 0.631. The van der Waals surface area contributed by atoms with Gasteiger partial charge in [0.05, 0.1) is 15.4 Å². The molecule has 0 aliphatic heterocycles. The first-order valence-corrected chi connectivity index (χ1v) is 5.26. The van der Waals surface area contributed by atoms with Crippen LogP contribution in [0.4, 0.5) is 30.2 Å². The molecule has 0 aliphatic carbocycles. The van der Waals surface area contributed by atoms with Crippen molar-refractivity contribution in [1.82, 2.24) is 0 Å². The monoisotopic (exact) mass is 313 g/mol. The minimum atomic E-state index is -5.04. The van der Waals surface area contributed by atoms with Crippen LogP contribution in [0.5, 0.6) is 0 Å². The number of halogens is 4. The van der Waals surface area contributed by atoms with E-state index in [1.165, 1.54) is 14.1 Å². The van der Waals surface area contributed by atoms with E-state index < -0.39 is 43.7 Å². The van der Waals surface area contributed by atoms with E-state index in [4.69, 9.17) is 11.6 Å². The van der Waals surface area contributed by atoms with Crippen LogP contribution in [0.1, 0.15) is 5.56 Å². The van der Waals surface area contributed by atoms with Gasteiger partial charge in [-0.15, -0.1) is 0 Å². The maximum absolute atomic E-state index is 12.7.